The number of benzene rings is 1. The largest absolute Gasteiger partial charge is 0.481 e. The zero-order valence-corrected chi connectivity index (χ0v) is 11.2. The molecule has 0 bridgehead atoms. The van der Waals surface area contributed by atoms with Gasteiger partial charge in [0.25, 0.3) is 0 Å². The number of aliphatic carboxylic acids is 1. The van der Waals surface area contributed by atoms with Crippen LogP contribution in [0, 0.1) is 5.92 Å². The average molecular weight is 262 g/mol. The lowest BCUT2D eigenvalue weighted by Crippen LogP contribution is -2.43. The predicted octanol–water partition coefficient (Wildman–Crippen LogP) is 1.58. The summed E-state index contributed by atoms with van der Waals surface area (Å²) in [6.45, 7) is 0.249. The number of carbonyl (C=O) groups excluding carboxylic acids is 1. The Morgan fingerprint density at radius 2 is 2.05 bits per heavy atom. The molecule has 0 spiro atoms. The molecule has 0 saturated carbocycles. The van der Waals surface area contributed by atoms with Crippen LogP contribution in [0.25, 0.3) is 0 Å². The van der Waals surface area contributed by atoms with Crippen LogP contribution in [-0.2, 0) is 9.59 Å². The van der Waals surface area contributed by atoms with Crippen LogP contribution >= 0.6 is 0 Å². The van der Waals surface area contributed by atoms with Crippen LogP contribution in [0.3, 0.4) is 0 Å². The van der Waals surface area contributed by atoms with Crippen LogP contribution < -0.4 is 9.80 Å². The van der Waals surface area contributed by atoms with E-state index in [1.54, 1.807) is 4.90 Å². The molecule has 1 N–H and O–H groups in total. The van der Waals surface area contributed by atoms with E-state index in [0.717, 1.165) is 11.4 Å². The van der Waals surface area contributed by atoms with Crippen molar-refractivity contribution in [2.24, 2.45) is 5.92 Å². The number of para-hydroxylation sites is 2. The number of carbonyl (C=O) groups is 2. The highest BCUT2D eigenvalue weighted by atomic mass is 16.4. The maximum absolute atomic E-state index is 12.1. The number of carboxylic acid groups (broad SMARTS) is 1. The van der Waals surface area contributed by atoms with Gasteiger partial charge in [0.2, 0.25) is 5.91 Å². The molecule has 5 nitrogen and oxygen atoms in total. The minimum atomic E-state index is -0.833. The average Bonchev–Trinajstić information content (AvgIpc) is 2.39. The number of nitrogens with zero attached hydrogens (tertiary/aromatic N) is 2. The van der Waals surface area contributed by atoms with Gasteiger partial charge in [0.1, 0.15) is 0 Å². The molecule has 1 aromatic rings. The third-order valence-electron chi connectivity index (χ3n) is 3.41. The van der Waals surface area contributed by atoms with Crippen LogP contribution in [0.1, 0.15) is 12.8 Å². The highest BCUT2D eigenvalue weighted by molar-refractivity contribution is 5.98. The van der Waals surface area contributed by atoms with E-state index in [1.807, 2.05) is 43.3 Å². The topological polar surface area (TPSA) is 60.9 Å². The van der Waals surface area contributed by atoms with Gasteiger partial charge < -0.3 is 14.9 Å². The molecule has 5 heteroatoms. The smallest absolute Gasteiger partial charge is 0.308 e. The molecule has 0 aromatic heterocycles. The molecule has 1 unspecified atom stereocenters. The zero-order chi connectivity index (χ0) is 14.0. The van der Waals surface area contributed by atoms with Crippen LogP contribution in [0.5, 0.6) is 0 Å². The first-order valence-corrected chi connectivity index (χ1v) is 6.30. The second kappa shape index (κ2) is 5.30. The monoisotopic (exact) mass is 262 g/mol. The molecule has 1 fully saturated rings. The van der Waals surface area contributed by atoms with Crippen molar-refractivity contribution >= 4 is 23.3 Å². The quantitative estimate of drug-likeness (QED) is 0.898. The molecule has 1 heterocycles. The summed E-state index contributed by atoms with van der Waals surface area (Å²) in [7, 11) is 3.81. The standard InChI is InChI=1S/C14H18N2O3/c1-15(2)11-5-3-4-6-12(11)16-9-10(14(18)19)7-8-13(16)17/h3-6,10H,7-9H2,1-2H3,(H,18,19). The summed E-state index contributed by atoms with van der Waals surface area (Å²) in [5.41, 5.74) is 1.70. The fraction of sp³-hybridized carbons (Fsp3) is 0.429. The van der Waals surface area contributed by atoms with E-state index >= 15 is 0 Å². The Hall–Kier alpha value is -2.04. The Bertz CT molecular complexity index is 499. The Balaban J connectivity index is 2.34. The van der Waals surface area contributed by atoms with Crippen LogP contribution in [0.2, 0.25) is 0 Å². The van der Waals surface area contributed by atoms with Crippen molar-refractivity contribution in [2.75, 3.05) is 30.4 Å². The fourth-order valence-electron chi connectivity index (χ4n) is 2.35. The second-order valence-electron chi connectivity index (χ2n) is 4.96. The first-order chi connectivity index (χ1) is 9.00. The van der Waals surface area contributed by atoms with Crippen molar-refractivity contribution in [1.29, 1.82) is 0 Å². The van der Waals surface area contributed by atoms with Gasteiger partial charge in [-0.3, -0.25) is 9.59 Å². The molecular weight excluding hydrogens is 244 g/mol. The summed E-state index contributed by atoms with van der Waals surface area (Å²) in [6.07, 6.45) is 0.716. The van der Waals surface area contributed by atoms with Crippen molar-refractivity contribution < 1.29 is 14.7 Å². The van der Waals surface area contributed by atoms with Gasteiger partial charge in [0.05, 0.1) is 17.3 Å². The summed E-state index contributed by atoms with van der Waals surface area (Å²) in [5.74, 6) is -1.32. The molecule has 1 aliphatic heterocycles. The van der Waals surface area contributed by atoms with Crippen molar-refractivity contribution in [3.8, 4) is 0 Å². The molecule has 1 aliphatic rings. The summed E-state index contributed by atoms with van der Waals surface area (Å²) >= 11 is 0. The fourth-order valence-corrected chi connectivity index (χ4v) is 2.35. The molecule has 2 rings (SSSR count). The zero-order valence-electron chi connectivity index (χ0n) is 11.2. The van der Waals surface area contributed by atoms with E-state index < -0.39 is 11.9 Å². The van der Waals surface area contributed by atoms with Gasteiger partial charge in [-0.05, 0) is 18.6 Å². The van der Waals surface area contributed by atoms with Crippen LogP contribution in [-0.4, -0.2) is 37.6 Å². The lowest BCUT2D eigenvalue weighted by molar-refractivity contribution is -0.142. The Morgan fingerprint density at radius 1 is 1.37 bits per heavy atom. The molecule has 1 amide bonds. The van der Waals surface area contributed by atoms with E-state index in [-0.39, 0.29) is 12.5 Å². The molecule has 102 valence electrons. The third kappa shape index (κ3) is 2.70. The molecule has 0 aliphatic carbocycles. The molecule has 1 atom stereocenters. The molecular formula is C14H18N2O3. The number of rotatable bonds is 3. The normalized spacial score (nSPS) is 19.4. The van der Waals surface area contributed by atoms with Crippen molar-refractivity contribution in [2.45, 2.75) is 12.8 Å². The van der Waals surface area contributed by atoms with Crippen LogP contribution in [0.15, 0.2) is 24.3 Å². The lowest BCUT2D eigenvalue weighted by atomic mass is 9.97. The maximum atomic E-state index is 12.1. The van der Waals surface area contributed by atoms with Crippen molar-refractivity contribution in [1.82, 2.24) is 0 Å². The number of carboxylic acids is 1. The summed E-state index contributed by atoms with van der Waals surface area (Å²) in [6, 6.07) is 7.55. The number of hydrogen-bond donors (Lipinski definition) is 1. The van der Waals surface area contributed by atoms with Gasteiger partial charge in [-0.2, -0.15) is 0 Å². The Morgan fingerprint density at radius 3 is 2.68 bits per heavy atom. The van der Waals surface area contributed by atoms with E-state index in [0.29, 0.717) is 12.8 Å². The maximum Gasteiger partial charge on any atom is 0.308 e. The minimum Gasteiger partial charge on any atom is -0.481 e. The Kier molecular flexibility index (Phi) is 3.74. The highest BCUT2D eigenvalue weighted by Gasteiger charge is 2.31. The van der Waals surface area contributed by atoms with Gasteiger partial charge >= 0.3 is 5.97 Å². The predicted molar refractivity (Wildman–Crippen MR) is 73.5 cm³/mol. The van der Waals surface area contributed by atoms with E-state index in [1.165, 1.54) is 0 Å². The van der Waals surface area contributed by atoms with Crippen molar-refractivity contribution in [3.63, 3.8) is 0 Å². The first kappa shape index (κ1) is 13.4. The lowest BCUT2D eigenvalue weighted by Gasteiger charge is -2.33. The number of amides is 1. The summed E-state index contributed by atoms with van der Waals surface area (Å²) in [5, 5.41) is 9.12. The summed E-state index contributed by atoms with van der Waals surface area (Å²) < 4.78 is 0. The molecule has 1 aromatic carbocycles. The highest BCUT2D eigenvalue weighted by Crippen LogP contribution is 2.31. The number of anilines is 2. The van der Waals surface area contributed by atoms with E-state index in [2.05, 4.69) is 0 Å². The van der Waals surface area contributed by atoms with Gasteiger partial charge in [0, 0.05) is 27.1 Å². The van der Waals surface area contributed by atoms with Gasteiger partial charge in [0.15, 0.2) is 0 Å². The number of piperidine rings is 1. The van der Waals surface area contributed by atoms with Gasteiger partial charge in [-0.15, -0.1) is 0 Å². The molecule has 19 heavy (non-hydrogen) atoms. The van der Waals surface area contributed by atoms with Gasteiger partial charge in [-0.1, -0.05) is 12.1 Å². The molecule has 1 saturated heterocycles. The first-order valence-electron chi connectivity index (χ1n) is 6.30. The SMILES string of the molecule is CN(C)c1ccccc1N1CC(C(=O)O)CCC1=O. The third-order valence-corrected chi connectivity index (χ3v) is 3.41. The summed E-state index contributed by atoms with van der Waals surface area (Å²) in [4.78, 5) is 26.7. The van der Waals surface area contributed by atoms with Gasteiger partial charge in [-0.25, -0.2) is 0 Å². The van der Waals surface area contributed by atoms with E-state index in [9.17, 15) is 9.59 Å². The Labute approximate surface area is 112 Å². The second-order valence-corrected chi connectivity index (χ2v) is 4.96. The number of hydrogen-bond acceptors (Lipinski definition) is 3. The minimum absolute atomic E-state index is 0.00759. The van der Waals surface area contributed by atoms with Crippen molar-refractivity contribution in [3.05, 3.63) is 24.3 Å². The van der Waals surface area contributed by atoms with E-state index in [4.69, 9.17) is 5.11 Å². The molecule has 0 radical (unpaired) electrons. The van der Waals surface area contributed by atoms with Crippen LogP contribution in [0.4, 0.5) is 11.4 Å².